The van der Waals surface area contributed by atoms with Crippen LogP contribution in [0.1, 0.15) is 11.1 Å². The molecule has 2 aromatic rings. The molecule has 20 heavy (non-hydrogen) atoms. The van der Waals surface area contributed by atoms with Crippen LogP contribution < -0.4 is 5.32 Å². The fourth-order valence-electron chi connectivity index (χ4n) is 1.92. The van der Waals surface area contributed by atoms with Gasteiger partial charge in [0.1, 0.15) is 0 Å². The van der Waals surface area contributed by atoms with Crippen LogP contribution in [0.4, 0.5) is 0 Å². The molecule has 2 N–H and O–H groups in total. The van der Waals surface area contributed by atoms with E-state index >= 15 is 0 Å². The zero-order chi connectivity index (χ0) is 14.0. The maximum atomic E-state index is 9.82. The molecule has 2 rings (SSSR count). The van der Waals surface area contributed by atoms with Gasteiger partial charge in [0, 0.05) is 13.1 Å². The van der Waals surface area contributed by atoms with Crippen molar-refractivity contribution in [2.24, 2.45) is 0 Å². The molecule has 0 unspecified atom stereocenters. The van der Waals surface area contributed by atoms with Crippen molar-refractivity contribution in [3.8, 4) is 0 Å². The lowest BCUT2D eigenvalue weighted by Crippen LogP contribution is -2.30. The second-order valence-corrected chi connectivity index (χ2v) is 4.77. The lowest BCUT2D eigenvalue weighted by Gasteiger charge is -2.12. The van der Waals surface area contributed by atoms with Gasteiger partial charge >= 0.3 is 0 Å². The fourth-order valence-corrected chi connectivity index (χ4v) is 1.92. The first kappa shape index (κ1) is 14.7. The number of nitrogens with one attached hydrogen (secondary N) is 1. The van der Waals surface area contributed by atoms with Crippen LogP contribution in [-0.2, 0) is 17.9 Å². The molecular weight excluding hydrogens is 250 g/mol. The predicted octanol–water partition coefficient (Wildman–Crippen LogP) is 2.35. The Bertz CT molecular complexity index is 427. The number of aliphatic hydroxyl groups excluding tert-OH is 1. The molecule has 0 amide bonds. The smallest absolute Gasteiger partial charge is 0.0897 e. The van der Waals surface area contributed by atoms with Crippen molar-refractivity contribution in [3.63, 3.8) is 0 Å². The van der Waals surface area contributed by atoms with Crippen molar-refractivity contribution in [3.05, 3.63) is 71.8 Å². The van der Waals surface area contributed by atoms with Crippen molar-refractivity contribution in [2.45, 2.75) is 19.3 Å². The number of rotatable bonds is 8. The lowest BCUT2D eigenvalue weighted by molar-refractivity contribution is 0.0287. The monoisotopic (exact) mass is 271 g/mol. The van der Waals surface area contributed by atoms with Crippen LogP contribution >= 0.6 is 0 Å². The minimum atomic E-state index is -0.484. The quantitative estimate of drug-likeness (QED) is 0.774. The Labute approximate surface area is 120 Å². The van der Waals surface area contributed by atoms with Gasteiger partial charge in [0.05, 0.1) is 19.3 Å². The summed E-state index contributed by atoms with van der Waals surface area (Å²) in [5.74, 6) is 0. The molecule has 0 bridgehead atoms. The minimum absolute atomic E-state index is 0.344. The van der Waals surface area contributed by atoms with E-state index < -0.39 is 6.10 Å². The van der Waals surface area contributed by atoms with Gasteiger partial charge in [-0.15, -0.1) is 0 Å². The molecule has 2 aromatic carbocycles. The number of aliphatic hydroxyl groups is 1. The van der Waals surface area contributed by atoms with E-state index in [4.69, 9.17) is 4.74 Å². The Morgan fingerprint density at radius 2 is 1.50 bits per heavy atom. The van der Waals surface area contributed by atoms with Gasteiger partial charge < -0.3 is 15.2 Å². The molecule has 0 heterocycles. The van der Waals surface area contributed by atoms with Gasteiger partial charge in [0.25, 0.3) is 0 Å². The van der Waals surface area contributed by atoms with E-state index in [0.717, 1.165) is 12.1 Å². The van der Waals surface area contributed by atoms with Gasteiger partial charge in [-0.05, 0) is 11.1 Å². The highest BCUT2D eigenvalue weighted by Crippen LogP contribution is 2.01. The van der Waals surface area contributed by atoms with Gasteiger partial charge in [-0.3, -0.25) is 0 Å². The molecule has 3 nitrogen and oxygen atoms in total. The summed E-state index contributed by atoms with van der Waals surface area (Å²) in [7, 11) is 0. The average molecular weight is 271 g/mol. The first-order valence-electron chi connectivity index (χ1n) is 6.89. The van der Waals surface area contributed by atoms with Crippen LogP contribution in [-0.4, -0.2) is 24.4 Å². The van der Waals surface area contributed by atoms with Gasteiger partial charge in [0.15, 0.2) is 0 Å². The molecule has 0 fully saturated rings. The molecule has 0 saturated heterocycles. The Kier molecular flexibility index (Phi) is 6.24. The summed E-state index contributed by atoms with van der Waals surface area (Å²) < 4.78 is 5.49. The van der Waals surface area contributed by atoms with E-state index in [1.807, 2.05) is 48.5 Å². The van der Waals surface area contributed by atoms with Gasteiger partial charge in [-0.25, -0.2) is 0 Å². The van der Waals surface area contributed by atoms with Crippen LogP contribution in [0.5, 0.6) is 0 Å². The molecule has 3 heteroatoms. The predicted molar refractivity (Wildman–Crippen MR) is 80.3 cm³/mol. The lowest BCUT2D eigenvalue weighted by atomic mass is 10.2. The molecule has 0 aromatic heterocycles. The molecule has 1 atom stereocenters. The van der Waals surface area contributed by atoms with Crippen LogP contribution in [0, 0.1) is 0 Å². The molecule has 0 aliphatic rings. The zero-order valence-corrected chi connectivity index (χ0v) is 11.5. The summed E-state index contributed by atoms with van der Waals surface area (Å²) in [5.41, 5.74) is 2.34. The third-order valence-electron chi connectivity index (χ3n) is 2.97. The molecule has 0 radical (unpaired) electrons. The third-order valence-corrected chi connectivity index (χ3v) is 2.97. The molecule has 0 saturated carbocycles. The SMILES string of the molecule is O[C@@H](CNCc1ccccc1)COCc1ccccc1. The van der Waals surface area contributed by atoms with E-state index in [9.17, 15) is 5.11 Å². The normalized spacial score (nSPS) is 12.2. The molecule has 0 aliphatic carbocycles. The summed E-state index contributed by atoms with van der Waals surface area (Å²) >= 11 is 0. The maximum absolute atomic E-state index is 9.82. The third kappa shape index (κ3) is 5.53. The first-order chi connectivity index (χ1) is 9.84. The van der Waals surface area contributed by atoms with Crippen molar-refractivity contribution in [2.75, 3.05) is 13.2 Å². The van der Waals surface area contributed by atoms with Crippen LogP contribution in [0.15, 0.2) is 60.7 Å². The number of ether oxygens (including phenoxy) is 1. The largest absolute Gasteiger partial charge is 0.389 e. The highest BCUT2D eigenvalue weighted by Gasteiger charge is 2.04. The maximum Gasteiger partial charge on any atom is 0.0897 e. The molecular formula is C17H21NO2. The number of hydrogen-bond donors (Lipinski definition) is 2. The van der Waals surface area contributed by atoms with E-state index in [0.29, 0.717) is 19.8 Å². The topological polar surface area (TPSA) is 41.5 Å². The van der Waals surface area contributed by atoms with Crippen molar-refractivity contribution >= 4 is 0 Å². The second-order valence-electron chi connectivity index (χ2n) is 4.77. The second kappa shape index (κ2) is 8.48. The summed E-state index contributed by atoms with van der Waals surface area (Å²) in [6, 6.07) is 20.1. The van der Waals surface area contributed by atoms with Gasteiger partial charge in [-0.1, -0.05) is 60.7 Å². The first-order valence-corrected chi connectivity index (χ1v) is 6.89. The van der Waals surface area contributed by atoms with Crippen LogP contribution in [0.2, 0.25) is 0 Å². The van der Waals surface area contributed by atoms with E-state index in [-0.39, 0.29) is 0 Å². The van der Waals surface area contributed by atoms with Crippen molar-refractivity contribution in [1.82, 2.24) is 5.32 Å². The Morgan fingerprint density at radius 3 is 2.15 bits per heavy atom. The summed E-state index contributed by atoms with van der Waals surface area (Å²) in [6.07, 6.45) is -0.484. The van der Waals surface area contributed by atoms with E-state index in [1.54, 1.807) is 0 Å². The zero-order valence-electron chi connectivity index (χ0n) is 11.5. The van der Waals surface area contributed by atoms with E-state index in [2.05, 4.69) is 17.4 Å². The molecule has 106 valence electrons. The van der Waals surface area contributed by atoms with E-state index in [1.165, 1.54) is 5.56 Å². The standard InChI is InChI=1S/C17H21NO2/c19-17(12-18-11-15-7-3-1-4-8-15)14-20-13-16-9-5-2-6-10-16/h1-10,17-19H,11-14H2/t17-/m0/s1. The van der Waals surface area contributed by atoms with Gasteiger partial charge in [-0.2, -0.15) is 0 Å². The average Bonchev–Trinajstić information content (AvgIpc) is 2.49. The van der Waals surface area contributed by atoms with Crippen LogP contribution in [0.3, 0.4) is 0 Å². The summed E-state index contributed by atoms with van der Waals surface area (Å²) in [6.45, 7) is 2.17. The Morgan fingerprint density at radius 1 is 0.900 bits per heavy atom. The Balaban J connectivity index is 1.58. The highest BCUT2D eigenvalue weighted by atomic mass is 16.5. The summed E-state index contributed by atoms with van der Waals surface area (Å²) in [4.78, 5) is 0. The number of hydrogen-bond acceptors (Lipinski definition) is 3. The van der Waals surface area contributed by atoms with Crippen LogP contribution in [0.25, 0.3) is 0 Å². The number of benzene rings is 2. The molecule has 0 spiro atoms. The highest BCUT2D eigenvalue weighted by molar-refractivity contribution is 5.14. The summed E-state index contributed by atoms with van der Waals surface area (Å²) in [5, 5.41) is 13.0. The minimum Gasteiger partial charge on any atom is -0.389 e. The van der Waals surface area contributed by atoms with Crippen molar-refractivity contribution in [1.29, 1.82) is 0 Å². The van der Waals surface area contributed by atoms with Gasteiger partial charge in [0.2, 0.25) is 0 Å². The molecule has 0 aliphatic heterocycles. The Hall–Kier alpha value is -1.68. The van der Waals surface area contributed by atoms with Crippen molar-refractivity contribution < 1.29 is 9.84 Å². The fraction of sp³-hybridized carbons (Fsp3) is 0.294.